The highest BCUT2D eigenvalue weighted by molar-refractivity contribution is 7.92. The van der Waals surface area contributed by atoms with E-state index in [0.717, 1.165) is 44.8 Å². The molecule has 0 saturated carbocycles. The van der Waals surface area contributed by atoms with E-state index in [1.165, 1.54) is 4.90 Å². The van der Waals surface area contributed by atoms with Gasteiger partial charge in [0.25, 0.3) is 0 Å². The number of hydrogen-bond donors (Lipinski definition) is 1. The summed E-state index contributed by atoms with van der Waals surface area (Å²) in [6.07, 6.45) is 2.13. The van der Waals surface area contributed by atoms with Crippen molar-refractivity contribution in [2.75, 3.05) is 17.1 Å². The van der Waals surface area contributed by atoms with E-state index in [1.54, 1.807) is 6.07 Å². The summed E-state index contributed by atoms with van der Waals surface area (Å²) in [4.78, 5) is 29.4. The normalized spacial score (nSPS) is 12.8. The molecule has 8 heteroatoms. The first-order chi connectivity index (χ1) is 18.9. The molecule has 0 aliphatic carbocycles. The molecule has 0 bridgehead atoms. The molecular formula is C32H41N3O4S. The first-order valence-electron chi connectivity index (χ1n) is 13.6. The summed E-state index contributed by atoms with van der Waals surface area (Å²) in [5.41, 5.74) is 4.98. The van der Waals surface area contributed by atoms with Gasteiger partial charge in [-0.25, -0.2) is 8.42 Å². The second-order valence-electron chi connectivity index (χ2n) is 10.6. The lowest BCUT2D eigenvalue weighted by molar-refractivity contribution is -0.140. The average Bonchev–Trinajstić information content (AvgIpc) is 2.89. The maximum atomic E-state index is 14.2. The molecular weight excluding hydrogens is 522 g/mol. The van der Waals surface area contributed by atoms with Crippen molar-refractivity contribution in [2.24, 2.45) is 0 Å². The van der Waals surface area contributed by atoms with Crippen molar-refractivity contribution in [3.05, 3.63) is 101 Å². The Bertz CT molecular complexity index is 1420. The van der Waals surface area contributed by atoms with Gasteiger partial charge in [0.2, 0.25) is 21.8 Å². The molecule has 3 aromatic rings. The van der Waals surface area contributed by atoms with Gasteiger partial charge < -0.3 is 10.2 Å². The summed E-state index contributed by atoms with van der Waals surface area (Å²) in [5, 5.41) is 3.05. The molecule has 2 amide bonds. The van der Waals surface area contributed by atoms with Gasteiger partial charge >= 0.3 is 0 Å². The molecule has 214 valence electrons. The van der Waals surface area contributed by atoms with Crippen molar-refractivity contribution in [3.63, 3.8) is 0 Å². The summed E-state index contributed by atoms with van der Waals surface area (Å²) in [5.74, 6) is -0.719. The smallest absolute Gasteiger partial charge is 0.244 e. The Labute approximate surface area is 239 Å². The lowest BCUT2D eigenvalue weighted by Crippen LogP contribution is -2.54. The topological polar surface area (TPSA) is 86.8 Å². The maximum Gasteiger partial charge on any atom is 0.244 e. The molecule has 0 heterocycles. The van der Waals surface area contributed by atoms with Gasteiger partial charge in [-0.3, -0.25) is 13.9 Å². The summed E-state index contributed by atoms with van der Waals surface area (Å²) in [7, 11) is -3.80. The number of carbonyl (C=O) groups excluding carboxylic acids is 2. The number of aryl methyl sites for hydroxylation is 3. The van der Waals surface area contributed by atoms with E-state index >= 15 is 0 Å². The quantitative estimate of drug-likeness (QED) is 0.339. The second kappa shape index (κ2) is 13.6. The molecule has 3 aromatic carbocycles. The minimum absolute atomic E-state index is 0.0792. The molecule has 3 rings (SSSR count). The molecule has 0 aliphatic heterocycles. The molecule has 1 N–H and O–H groups in total. The highest BCUT2D eigenvalue weighted by Crippen LogP contribution is 2.25. The van der Waals surface area contributed by atoms with E-state index in [1.807, 2.05) is 101 Å². The third kappa shape index (κ3) is 8.42. The number of hydrogen-bond acceptors (Lipinski definition) is 4. The lowest BCUT2D eigenvalue weighted by Gasteiger charge is -2.34. The fourth-order valence-corrected chi connectivity index (χ4v) is 5.59. The van der Waals surface area contributed by atoms with E-state index in [2.05, 4.69) is 5.32 Å². The van der Waals surface area contributed by atoms with Gasteiger partial charge in [-0.2, -0.15) is 0 Å². The summed E-state index contributed by atoms with van der Waals surface area (Å²) >= 11 is 0. The SMILES string of the molecule is CCC(C)NC(=O)C(Cc1ccccc1)N(Cc1cccc(C)c1)C(=O)CN(c1ccc(C)cc1C)S(C)(=O)=O. The van der Waals surface area contributed by atoms with Crippen molar-refractivity contribution in [1.29, 1.82) is 0 Å². The molecule has 40 heavy (non-hydrogen) atoms. The third-order valence-corrected chi connectivity index (χ3v) is 8.13. The highest BCUT2D eigenvalue weighted by Gasteiger charge is 2.33. The molecule has 0 fully saturated rings. The van der Waals surface area contributed by atoms with Crippen molar-refractivity contribution >= 4 is 27.5 Å². The Morgan fingerprint density at radius 3 is 2.12 bits per heavy atom. The number of nitrogens with zero attached hydrogens (tertiary/aromatic N) is 2. The summed E-state index contributed by atoms with van der Waals surface area (Å²) in [6, 6.07) is 21.9. The van der Waals surface area contributed by atoms with Crippen LogP contribution in [-0.2, 0) is 32.6 Å². The van der Waals surface area contributed by atoms with Crippen molar-refractivity contribution in [2.45, 2.75) is 66.1 Å². The van der Waals surface area contributed by atoms with E-state index in [4.69, 9.17) is 0 Å². The largest absolute Gasteiger partial charge is 0.352 e. The van der Waals surface area contributed by atoms with Crippen LogP contribution in [0, 0.1) is 20.8 Å². The fraction of sp³-hybridized carbons (Fsp3) is 0.375. The van der Waals surface area contributed by atoms with Crippen LogP contribution < -0.4 is 9.62 Å². The number of sulfonamides is 1. The standard InChI is InChI=1S/C32H41N3O4S/c1-7-26(5)33-32(37)30(20-27-13-9-8-10-14-27)34(21-28-15-11-12-23(2)19-28)31(36)22-35(40(6,38)39)29-17-16-24(3)18-25(29)4/h8-19,26,30H,7,20-22H2,1-6H3,(H,33,37). The Hall–Kier alpha value is -3.65. The van der Waals surface area contributed by atoms with E-state index < -0.39 is 28.5 Å². The Morgan fingerprint density at radius 1 is 0.875 bits per heavy atom. The molecule has 7 nitrogen and oxygen atoms in total. The van der Waals surface area contributed by atoms with Crippen LogP contribution in [0.1, 0.15) is 48.1 Å². The van der Waals surface area contributed by atoms with Crippen LogP contribution in [0.25, 0.3) is 0 Å². The van der Waals surface area contributed by atoms with E-state index in [-0.39, 0.29) is 18.5 Å². The molecule has 0 spiro atoms. The summed E-state index contributed by atoms with van der Waals surface area (Å²) < 4.78 is 27.1. The van der Waals surface area contributed by atoms with Crippen LogP contribution in [0.3, 0.4) is 0 Å². The third-order valence-electron chi connectivity index (χ3n) is 7.01. The predicted octanol–water partition coefficient (Wildman–Crippen LogP) is 4.93. The van der Waals surface area contributed by atoms with Gasteiger partial charge in [0.05, 0.1) is 11.9 Å². The molecule has 2 atom stereocenters. The van der Waals surface area contributed by atoms with Crippen molar-refractivity contribution < 1.29 is 18.0 Å². The molecule has 0 radical (unpaired) electrons. The zero-order valence-corrected chi connectivity index (χ0v) is 25.2. The van der Waals surface area contributed by atoms with Gasteiger partial charge in [0.1, 0.15) is 12.6 Å². The second-order valence-corrected chi connectivity index (χ2v) is 12.5. The zero-order chi connectivity index (χ0) is 29.4. The van der Waals surface area contributed by atoms with Gasteiger partial charge in [0.15, 0.2) is 0 Å². The van der Waals surface area contributed by atoms with Crippen LogP contribution in [0.15, 0.2) is 72.8 Å². The first kappa shape index (κ1) is 30.9. The monoisotopic (exact) mass is 563 g/mol. The predicted molar refractivity (Wildman–Crippen MR) is 162 cm³/mol. The minimum Gasteiger partial charge on any atom is -0.352 e. The number of rotatable bonds is 12. The van der Waals surface area contributed by atoms with Crippen LogP contribution >= 0.6 is 0 Å². The van der Waals surface area contributed by atoms with E-state index in [0.29, 0.717) is 12.1 Å². The Kier molecular flexibility index (Phi) is 10.5. The van der Waals surface area contributed by atoms with Crippen LogP contribution in [0.4, 0.5) is 5.69 Å². The lowest BCUT2D eigenvalue weighted by atomic mass is 10.0. The highest BCUT2D eigenvalue weighted by atomic mass is 32.2. The Morgan fingerprint density at radius 2 is 1.52 bits per heavy atom. The molecule has 0 aliphatic rings. The van der Waals surface area contributed by atoms with Crippen LogP contribution in [-0.4, -0.2) is 50.0 Å². The van der Waals surface area contributed by atoms with Gasteiger partial charge in [-0.15, -0.1) is 0 Å². The van der Waals surface area contributed by atoms with E-state index in [9.17, 15) is 18.0 Å². The first-order valence-corrected chi connectivity index (χ1v) is 15.5. The van der Waals surface area contributed by atoms with Crippen molar-refractivity contribution in [1.82, 2.24) is 10.2 Å². The number of amides is 2. The average molecular weight is 564 g/mol. The number of carbonyl (C=O) groups is 2. The van der Waals surface area contributed by atoms with Crippen LogP contribution in [0.2, 0.25) is 0 Å². The molecule has 0 saturated heterocycles. The Balaban J connectivity index is 2.08. The molecule has 0 aromatic heterocycles. The van der Waals surface area contributed by atoms with Gasteiger partial charge in [-0.05, 0) is 56.9 Å². The number of anilines is 1. The number of nitrogens with one attached hydrogen (secondary N) is 1. The summed E-state index contributed by atoms with van der Waals surface area (Å²) in [6.45, 7) is 9.38. The van der Waals surface area contributed by atoms with Gasteiger partial charge in [0, 0.05) is 19.0 Å². The zero-order valence-electron chi connectivity index (χ0n) is 24.3. The minimum atomic E-state index is -3.80. The van der Waals surface area contributed by atoms with Crippen molar-refractivity contribution in [3.8, 4) is 0 Å². The van der Waals surface area contributed by atoms with Gasteiger partial charge in [-0.1, -0.05) is 84.8 Å². The van der Waals surface area contributed by atoms with Crippen LogP contribution in [0.5, 0.6) is 0 Å². The molecule has 2 unspecified atom stereocenters. The number of benzene rings is 3. The maximum absolute atomic E-state index is 14.2. The fourth-order valence-electron chi connectivity index (χ4n) is 4.68.